The number of aromatic nitrogens is 2. The van der Waals surface area contributed by atoms with E-state index in [9.17, 15) is 19.8 Å². The minimum absolute atomic E-state index is 0.00367. The molecule has 1 amide bonds. The van der Waals surface area contributed by atoms with Crippen molar-refractivity contribution in [3.05, 3.63) is 57.3 Å². The fraction of sp³-hybridized carbons (Fsp3) is 0.435. The highest BCUT2D eigenvalue weighted by Crippen LogP contribution is 2.47. The molecule has 9 heteroatoms. The molecule has 2 aromatic rings. The summed E-state index contributed by atoms with van der Waals surface area (Å²) in [7, 11) is 1.98. The number of amides is 1. The number of aryl methyl sites for hydroxylation is 3. The van der Waals surface area contributed by atoms with Crippen LogP contribution < -0.4 is 9.30 Å². The second kappa shape index (κ2) is 8.86. The van der Waals surface area contributed by atoms with Crippen LogP contribution in [0.3, 0.4) is 0 Å². The van der Waals surface area contributed by atoms with Crippen LogP contribution in [-0.2, 0) is 29.6 Å². The number of carbonyl (C=O) groups is 2. The zero-order chi connectivity index (χ0) is 23.2. The van der Waals surface area contributed by atoms with Gasteiger partial charge in [-0.25, -0.2) is 13.9 Å². The Balaban J connectivity index is 1.50. The molecule has 1 saturated heterocycles. The van der Waals surface area contributed by atoms with Crippen molar-refractivity contribution in [3.8, 4) is 5.75 Å². The molecule has 1 aromatic carbocycles. The molecule has 4 atom stereocenters. The smallest absolute Gasteiger partial charge is 0.352 e. The number of aliphatic hydroxyl groups is 1. The van der Waals surface area contributed by atoms with Crippen LogP contribution >= 0.6 is 22.6 Å². The van der Waals surface area contributed by atoms with Gasteiger partial charge < -0.3 is 19.8 Å². The van der Waals surface area contributed by atoms with Crippen molar-refractivity contribution >= 4 is 34.5 Å². The number of fused-ring (bicyclic) bond motifs is 1. The fourth-order valence-corrected chi connectivity index (χ4v) is 5.19. The van der Waals surface area contributed by atoms with Crippen LogP contribution in [0.4, 0.5) is 0 Å². The Bertz CT molecular complexity index is 1090. The largest absolute Gasteiger partial charge is 0.488 e. The molecule has 170 valence electrons. The highest BCUT2D eigenvalue weighted by molar-refractivity contribution is 14.1. The molecule has 0 aliphatic carbocycles. The second-order valence-corrected chi connectivity index (χ2v) is 9.72. The minimum Gasteiger partial charge on any atom is -0.488 e. The van der Waals surface area contributed by atoms with Crippen molar-refractivity contribution in [2.45, 2.75) is 39.0 Å². The molecule has 2 aliphatic rings. The Morgan fingerprint density at radius 3 is 2.75 bits per heavy atom. The molecule has 0 radical (unpaired) electrons. The van der Waals surface area contributed by atoms with Crippen LogP contribution in [-0.4, -0.2) is 50.3 Å². The van der Waals surface area contributed by atoms with E-state index in [0.717, 1.165) is 22.1 Å². The number of carboxylic acid groups (broad SMARTS) is 1. The molecule has 2 aliphatic heterocycles. The van der Waals surface area contributed by atoms with Crippen LogP contribution in [0.15, 0.2) is 48.2 Å². The van der Waals surface area contributed by atoms with Gasteiger partial charge in [-0.2, -0.15) is 0 Å². The topological polar surface area (TPSA) is 95.9 Å². The Kier molecular flexibility index (Phi) is 6.30. The summed E-state index contributed by atoms with van der Waals surface area (Å²) in [5.74, 6) is -1.55. The second-order valence-electron chi connectivity index (χ2n) is 8.55. The summed E-state index contributed by atoms with van der Waals surface area (Å²) in [5, 5.41) is 19.7. The molecule has 8 nitrogen and oxygen atoms in total. The van der Waals surface area contributed by atoms with Gasteiger partial charge in [0.05, 0.1) is 35.2 Å². The highest BCUT2D eigenvalue weighted by atomic mass is 127. The van der Waals surface area contributed by atoms with Gasteiger partial charge in [-0.3, -0.25) is 4.79 Å². The summed E-state index contributed by atoms with van der Waals surface area (Å²) in [6.45, 7) is 4.39. The maximum absolute atomic E-state index is 12.5. The van der Waals surface area contributed by atoms with Crippen LogP contribution in [0.5, 0.6) is 5.75 Å². The molecular formula is C23H27IN3O5+. The van der Waals surface area contributed by atoms with Crippen molar-refractivity contribution < 1.29 is 29.1 Å². The van der Waals surface area contributed by atoms with Gasteiger partial charge in [0, 0.05) is 17.9 Å². The molecule has 4 rings (SSSR count). The first-order chi connectivity index (χ1) is 15.2. The van der Waals surface area contributed by atoms with E-state index >= 15 is 0 Å². The number of hydrogen-bond acceptors (Lipinski definition) is 4. The van der Waals surface area contributed by atoms with Gasteiger partial charge in [-0.05, 0) is 47.2 Å². The first-order valence-corrected chi connectivity index (χ1v) is 11.7. The molecule has 1 aromatic heterocycles. The SMILES string of the molecule is CC(O)[C@H]1C(=O)N2C(C(=O)O)=C(COc3cc(CCn4cc[n+](C)c4)ccc3I)C(C)[C@H]12. The summed E-state index contributed by atoms with van der Waals surface area (Å²) < 4.78 is 11.1. The zero-order valence-corrected chi connectivity index (χ0v) is 20.4. The maximum Gasteiger partial charge on any atom is 0.352 e. The number of β-lactam (4-membered cyclic amide) rings is 1. The molecule has 3 heterocycles. The van der Waals surface area contributed by atoms with E-state index in [1.807, 2.05) is 49.4 Å². The predicted molar refractivity (Wildman–Crippen MR) is 124 cm³/mol. The quantitative estimate of drug-likeness (QED) is 0.296. The van der Waals surface area contributed by atoms with E-state index in [1.54, 1.807) is 6.92 Å². The van der Waals surface area contributed by atoms with Crippen molar-refractivity contribution in [2.24, 2.45) is 18.9 Å². The normalized spacial score (nSPS) is 23.2. The Labute approximate surface area is 200 Å². The van der Waals surface area contributed by atoms with Crippen molar-refractivity contribution in [2.75, 3.05) is 6.61 Å². The average molecular weight is 552 g/mol. The van der Waals surface area contributed by atoms with E-state index in [4.69, 9.17) is 4.74 Å². The van der Waals surface area contributed by atoms with Gasteiger partial charge >= 0.3 is 5.97 Å². The third-order valence-electron chi connectivity index (χ3n) is 6.38. The minimum atomic E-state index is -1.14. The van der Waals surface area contributed by atoms with E-state index in [-0.39, 0.29) is 30.2 Å². The van der Waals surface area contributed by atoms with Gasteiger partial charge in [0.25, 0.3) is 0 Å². The summed E-state index contributed by atoms with van der Waals surface area (Å²) in [5.41, 5.74) is 1.70. The van der Waals surface area contributed by atoms with Crippen LogP contribution in [0.1, 0.15) is 19.4 Å². The van der Waals surface area contributed by atoms with Gasteiger partial charge in [-0.15, -0.1) is 0 Å². The van der Waals surface area contributed by atoms with Gasteiger partial charge in [-0.1, -0.05) is 13.0 Å². The van der Waals surface area contributed by atoms with Crippen molar-refractivity contribution in [1.82, 2.24) is 9.47 Å². The van der Waals surface area contributed by atoms with Gasteiger partial charge in [0.15, 0.2) is 0 Å². The third-order valence-corrected chi connectivity index (χ3v) is 7.27. The lowest BCUT2D eigenvalue weighted by Crippen LogP contribution is -2.63. The maximum atomic E-state index is 12.5. The number of benzene rings is 1. The number of ether oxygens (including phenoxy) is 1. The Morgan fingerprint density at radius 1 is 1.38 bits per heavy atom. The lowest BCUT2D eigenvalue weighted by atomic mass is 9.78. The lowest BCUT2D eigenvalue weighted by molar-refractivity contribution is -0.671. The number of hydrogen-bond donors (Lipinski definition) is 2. The lowest BCUT2D eigenvalue weighted by Gasteiger charge is -2.46. The molecule has 2 unspecified atom stereocenters. The highest BCUT2D eigenvalue weighted by Gasteiger charge is 2.59. The van der Waals surface area contributed by atoms with Crippen LogP contribution in [0.2, 0.25) is 0 Å². The van der Waals surface area contributed by atoms with Crippen LogP contribution in [0.25, 0.3) is 0 Å². The first-order valence-electron chi connectivity index (χ1n) is 10.6. The molecule has 2 N–H and O–H groups in total. The molecule has 1 fully saturated rings. The summed E-state index contributed by atoms with van der Waals surface area (Å²) in [6, 6.07) is 5.72. The molecule has 0 spiro atoms. The van der Waals surface area contributed by atoms with Crippen molar-refractivity contribution in [1.29, 1.82) is 0 Å². The number of aliphatic hydroxyl groups excluding tert-OH is 1. The molecule has 0 bridgehead atoms. The number of rotatable bonds is 8. The van der Waals surface area contributed by atoms with E-state index in [2.05, 4.69) is 33.2 Å². The third kappa shape index (κ3) is 4.03. The molecule has 0 saturated carbocycles. The number of carbonyl (C=O) groups excluding carboxylic acids is 1. The van der Waals surface area contributed by atoms with Gasteiger partial charge in [0.1, 0.15) is 30.4 Å². The molecule has 32 heavy (non-hydrogen) atoms. The van der Waals surface area contributed by atoms with Crippen LogP contribution in [0, 0.1) is 15.4 Å². The van der Waals surface area contributed by atoms with E-state index in [1.165, 1.54) is 4.90 Å². The number of aliphatic carboxylic acids is 1. The first kappa shape index (κ1) is 22.8. The average Bonchev–Trinajstić information content (AvgIpc) is 3.25. The summed E-state index contributed by atoms with van der Waals surface area (Å²) in [6.07, 6.45) is 6.06. The van der Waals surface area contributed by atoms with E-state index < -0.39 is 18.0 Å². The number of halogens is 1. The Morgan fingerprint density at radius 2 is 2.12 bits per heavy atom. The zero-order valence-electron chi connectivity index (χ0n) is 18.2. The fourth-order valence-electron chi connectivity index (χ4n) is 4.70. The number of carboxylic acids is 1. The molecular weight excluding hydrogens is 525 g/mol. The number of imidazole rings is 1. The summed E-state index contributed by atoms with van der Waals surface area (Å²) in [4.78, 5) is 25.7. The predicted octanol–water partition coefficient (Wildman–Crippen LogP) is 1.73. The number of nitrogens with zero attached hydrogens (tertiary/aromatic N) is 3. The summed E-state index contributed by atoms with van der Waals surface area (Å²) >= 11 is 2.20. The Hall–Kier alpha value is -2.40. The van der Waals surface area contributed by atoms with Gasteiger partial charge in [0.2, 0.25) is 12.2 Å². The van der Waals surface area contributed by atoms with E-state index in [0.29, 0.717) is 11.3 Å². The standard InChI is InChI=1S/C23H26IN3O5/c1-13-16(21(23(30)31)27-20(13)19(14(2)28)22(27)29)11-32-18-10-15(4-5-17(18)24)6-7-26-9-8-25(3)12-26/h4-5,8-10,12-14,19-20,28H,6-7,11H2,1-3H3/p+1/t13?,14?,19-,20-/m1/s1. The monoisotopic (exact) mass is 552 g/mol. The van der Waals surface area contributed by atoms with Crippen molar-refractivity contribution in [3.63, 3.8) is 0 Å².